The zero-order valence-corrected chi connectivity index (χ0v) is 20.0. The molecule has 1 saturated heterocycles. The summed E-state index contributed by atoms with van der Waals surface area (Å²) in [5.41, 5.74) is 3.68. The number of hydrogen-bond acceptors (Lipinski definition) is 4. The minimum absolute atomic E-state index is 0.124. The molecule has 2 heterocycles. The third-order valence-corrected chi connectivity index (χ3v) is 6.99. The Kier molecular flexibility index (Phi) is 8.16. The van der Waals surface area contributed by atoms with Crippen molar-refractivity contribution in [3.63, 3.8) is 0 Å². The van der Waals surface area contributed by atoms with E-state index in [1.165, 1.54) is 5.56 Å². The molecular weight excluding hydrogens is 427 g/mol. The summed E-state index contributed by atoms with van der Waals surface area (Å²) in [6.07, 6.45) is 2.74. The summed E-state index contributed by atoms with van der Waals surface area (Å²) in [5, 5.41) is 10.8. The number of pyridine rings is 1. The summed E-state index contributed by atoms with van der Waals surface area (Å²) < 4.78 is 20.7. The molecule has 0 saturated carbocycles. The van der Waals surface area contributed by atoms with Gasteiger partial charge >= 0.3 is 0 Å². The predicted molar refractivity (Wildman–Crippen MR) is 135 cm³/mol. The highest BCUT2D eigenvalue weighted by atomic mass is 19.1. The Balaban J connectivity index is 1.34. The van der Waals surface area contributed by atoms with Gasteiger partial charge in [0, 0.05) is 30.3 Å². The molecule has 3 atom stereocenters. The highest BCUT2D eigenvalue weighted by Gasteiger charge is 2.29. The Morgan fingerprint density at radius 2 is 2.06 bits per heavy atom. The fourth-order valence-electron chi connectivity index (χ4n) is 4.91. The molecule has 1 N–H and O–H groups in total. The summed E-state index contributed by atoms with van der Waals surface area (Å²) in [7, 11) is 1.61. The number of likely N-dealkylation sites (tertiary alicyclic amines) is 1. The van der Waals surface area contributed by atoms with Crippen LogP contribution < -0.4 is 4.74 Å². The van der Waals surface area contributed by atoms with Gasteiger partial charge in [0.1, 0.15) is 11.9 Å². The first-order valence-electron chi connectivity index (χ1n) is 12.0. The van der Waals surface area contributed by atoms with Crippen LogP contribution >= 0.6 is 0 Å². The van der Waals surface area contributed by atoms with Gasteiger partial charge in [0.05, 0.1) is 19.2 Å². The summed E-state index contributed by atoms with van der Waals surface area (Å²) in [4.78, 5) is 6.66. The van der Waals surface area contributed by atoms with Crippen LogP contribution in [0.1, 0.15) is 42.1 Å². The fourth-order valence-corrected chi connectivity index (χ4v) is 4.91. The SMILES string of the molecule is COc1ccc2nccc(C(F)CC[C@@H]3CCN(CC#Cc4ccccc4C)C[C@@H]3CO)c2c1. The van der Waals surface area contributed by atoms with E-state index in [0.29, 0.717) is 30.2 Å². The van der Waals surface area contributed by atoms with Crippen molar-refractivity contribution < 1.29 is 14.2 Å². The van der Waals surface area contributed by atoms with E-state index < -0.39 is 6.17 Å². The number of methoxy groups -OCH3 is 1. The van der Waals surface area contributed by atoms with E-state index in [9.17, 15) is 5.11 Å². The van der Waals surface area contributed by atoms with Gasteiger partial charge in [-0.2, -0.15) is 0 Å². The number of halogens is 1. The molecule has 0 amide bonds. The number of ether oxygens (including phenoxy) is 1. The zero-order chi connectivity index (χ0) is 23.9. The van der Waals surface area contributed by atoms with Crippen molar-refractivity contribution in [2.24, 2.45) is 11.8 Å². The van der Waals surface area contributed by atoms with Crippen molar-refractivity contribution in [1.29, 1.82) is 0 Å². The number of nitrogens with zero attached hydrogens (tertiary/aromatic N) is 2. The van der Waals surface area contributed by atoms with E-state index in [1.807, 2.05) is 36.4 Å². The molecule has 5 heteroatoms. The first-order chi connectivity index (χ1) is 16.6. The molecule has 2 aromatic carbocycles. The number of aliphatic hydroxyl groups excluding tert-OH is 1. The lowest BCUT2D eigenvalue weighted by molar-refractivity contribution is 0.0708. The molecule has 4 rings (SSSR count). The van der Waals surface area contributed by atoms with Crippen LogP contribution in [0.15, 0.2) is 54.7 Å². The topological polar surface area (TPSA) is 45.6 Å². The first kappa shape index (κ1) is 24.2. The zero-order valence-electron chi connectivity index (χ0n) is 20.0. The quantitative estimate of drug-likeness (QED) is 0.485. The van der Waals surface area contributed by atoms with Gasteiger partial charge in [-0.15, -0.1) is 0 Å². The summed E-state index contributed by atoms with van der Waals surface area (Å²) in [5.74, 6) is 7.72. The van der Waals surface area contributed by atoms with Crippen molar-refractivity contribution in [2.75, 3.05) is 33.4 Å². The summed E-state index contributed by atoms with van der Waals surface area (Å²) >= 11 is 0. The maximum atomic E-state index is 15.4. The maximum Gasteiger partial charge on any atom is 0.126 e. The average molecular weight is 461 g/mol. The lowest BCUT2D eigenvalue weighted by Gasteiger charge is -2.37. The van der Waals surface area contributed by atoms with E-state index in [1.54, 1.807) is 19.4 Å². The maximum absolute atomic E-state index is 15.4. The third kappa shape index (κ3) is 5.75. The van der Waals surface area contributed by atoms with Gasteiger partial charge in [-0.1, -0.05) is 30.0 Å². The first-order valence-corrected chi connectivity index (χ1v) is 12.0. The minimum atomic E-state index is -1.07. The standard InChI is InChI=1S/C29H33FN2O2/c1-21-6-3-4-7-22(21)8-5-16-32-17-14-23(24(19-32)20-33)9-11-28(30)26-13-15-31-29-12-10-25(34-2)18-27(26)29/h3-4,6-7,10,12-13,15,18,23-24,28,33H,9,11,14,16-17,19-20H2,1-2H3/t23-,24-,28?/m1/s1. The number of piperidine rings is 1. The van der Waals surface area contributed by atoms with Crippen molar-refractivity contribution in [3.05, 3.63) is 71.4 Å². The van der Waals surface area contributed by atoms with Crippen LogP contribution in [0.5, 0.6) is 5.75 Å². The Morgan fingerprint density at radius 1 is 1.21 bits per heavy atom. The summed E-state index contributed by atoms with van der Waals surface area (Å²) in [6.45, 7) is 4.61. The van der Waals surface area contributed by atoms with Gasteiger partial charge in [-0.3, -0.25) is 9.88 Å². The van der Waals surface area contributed by atoms with Crippen molar-refractivity contribution in [2.45, 2.75) is 32.4 Å². The van der Waals surface area contributed by atoms with Crippen LogP contribution in [0.3, 0.4) is 0 Å². The molecular formula is C29H33FN2O2. The van der Waals surface area contributed by atoms with E-state index in [2.05, 4.69) is 34.7 Å². The number of benzene rings is 2. The Morgan fingerprint density at radius 3 is 2.85 bits per heavy atom. The van der Waals surface area contributed by atoms with E-state index >= 15 is 4.39 Å². The highest BCUT2D eigenvalue weighted by molar-refractivity contribution is 5.83. The number of fused-ring (bicyclic) bond motifs is 1. The van der Waals surface area contributed by atoms with Gasteiger partial charge in [0.2, 0.25) is 0 Å². The second kappa shape index (κ2) is 11.5. The molecule has 1 fully saturated rings. The number of aliphatic hydroxyl groups is 1. The second-order valence-electron chi connectivity index (χ2n) is 9.17. The van der Waals surface area contributed by atoms with Crippen LogP contribution in [-0.4, -0.2) is 48.3 Å². The normalized spacial score (nSPS) is 19.4. The number of alkyl halides is 1. The molecule has 0 spiro atoms. The predicted octanol–water partition coefficient (Wildman–Crippen LogP) is 5.32. The molecule has 34 heavy (non-hydrogen) atoms. The minimum Gasteiger partial charge on any atom is -0.497 e. The number of aryl methyl sites for hydroxylation is 1. The number of rotatable bonds is 7. The van der Waals surface area contributed by atoms with E-state index in [-0.39, 0.29) is 12.5 Å². The second-order valence-corrected chi connectivity index (χ2v) is 9.17. The van der Waals surface area contributed by atoms with E-state index in [0.717, 1.165) is 42.4 Å². The van der Waals surface area contributed by atoms with E-state index in [4.69, 9.17) is 4.74 Å². The van der Waals surface area contributed by atoms with Crippen LogP contribution in [0.25, 0.3) is 10.9 Å². The molecule has 1 unspecified atom stereocenters. The van der Waals surface area contributed by atoms with Gasteiger partial charge in [0.25, 0.3) is 0 Å². The van der Waals surface area contributed by atoms with Gasteiger partial charge in [-0.25, -0.2) is 4.39 Å². The van der Waals surface area contributed by atoms with Crippen LogP contribution in [0.2, 0.25) is 0 Å². The molecule has 0 aliphatic carbocycles. The molecule has 0 radical (unpaired) electrons. The molecule has 3 aromatic rings. The van der Waals surface area contributed by atoms with Gasteiger partial charge in [-0.05, 0) is 86.0 Å². The highest BCUT2D eigenvalue weighted by Crippen LogP contribution is 2.35. The fraction of sp³-hybridized carbons (Fsp3) is 0.414. The molecule has 1 aliphatic heterocycles. The van der Waals surface area contributed by atoms with Gasteiger partial charge < -0.3 is 9.84 Å². The average Bonchev–Trinajstić information content (AvgIpc) is 2.88. The largest absolute Gasteiger partial charge is 0.497 e. The van der Waals surface area contributed by atoms with Gasteiger partial charge in [0.15, 0.2) is 0 Å². The molecule has 1 aromatic heterocycles. The Hall–Kier alpha value is -2.94. The summed E-state index contributed by atoms with van der Waals surface area (Å²) in [6, 6.07) is 15.5. The molecule has 1 aliphatic rings. The monoisotopic (exact) mass is 460 g/mol. The molecule has 178 valence electrons. The number of hydrogen-bond donors (Lipinski definition) is 1. The van der Waals surface area contributed by atoms with Crippen LogP contribution in [0.4, 0.5) is 4.39 Å². The van der Waals surface area contributed by atoms with Crippen LogP contribution in [-0.2, 0) is 0 Å². The molecule has 0 bridgehead atoms. The lowest BCUT2D eigenvalue weighted by Crippen LogP contribution is -2.42. The third-order valence-electron chi connectivity index (χ3n) is 6.99. The Labute approximate surface area is 201 Å². The number of aromatic nitrogens is 1. The molecule has 4 nitrogen and oxygen atoms in total. The van der Waals surface area contributed by atoms with Crippen molar-refractivity contribution in [3.8, 4) is 17.6 Å². The lowest BCUT2D eigenvalue weighted by atomic mass is 9.81. The van der Waals surface area contributed by atoms with Crippen molar-refractivity contribution in [1.82, 2.24) is 9.88 Å². The Bertz CT molecular complexity index is 1170. The van der Waals surface area contributed by atoms with Crippen molar-refractivity contribution >= 4 is 10.9 Å². The van der Waals surface area contributed by atoms with Crippen LogP contribution in [0, 0.1) is 30.6 Å². The smallest absolute Gasteiger partial charge is 0.126 e.